The van der Waals surface area contributed by atoms with Crippen molar-refractivity contribution in [3.63, 3.8) is 0 Å². The third-order valence-corrected chi connectivity index (χ3v) is 3.51. The Hall–Kier alpha value is -2.69. The summed E-state index contributed by atoms with van der Waals surface area (Å²) in [6.07, 6.45) is -0.707. The van der Waals surface area contributed by atoms with Crippen molar-refractivity contribution in [3.05, 3.63) is 11.1 Å². The van der Waals surface area contributed by atoms with Crippen LogP contribution in [0.5, 0.6) is 0 Å². The first kappa shape index (κ1) is 22.4. The van der Waals surface area contributed by atoms with Gasteiger partial charge in [0.25, 0.3) is 0 Å². The molecule has 0 spiro atoms. The number of aromatic nitrogens is 1. The number of rotatable bonds is 7. The van der Waals surface area contributed by atoms with Crippen LogP contribution in [0.2, 0.25) is 0 Å². The molecule has 0 aliphatic rings. The number of thiazole rings is 1. The molecule has 1 unspecified atom stereocenters. The highest BCUT2D eigenvalue weighted by Crippen LogP contribution is 2.17. The summed E-state index contributed by atoms with van der Waals surface area (Å²) in [4.78, 5) is 44.6. The van der Waals surface area contributed by atoms with Crippen LogP contribution in [0.15, 0.2) is 10.5 Å². The Morgan fingerprint density at radius 1 is 1.33 bits per heavy atom. The molecule has 0 saturated carbocycles. The number of nitrogens with zero attached hydrogens (tertiary/aromatic N) is 2. The minimum atomic E-state index is -0.857. The van der Waals surface area contributed by atoms with Crippen LogP contribution in [0.1, 0.15) is 40.3 Å². The lowest BCUT2D eigenvalue weighted by Gasteiger charge is -2.21. The lowest BCUT2D eigenvalue weighted by atomic mass is 10.2. The molecule has 0 fully saturated rings. The highest BCUT2D eigenvalue weighted by Gasteiger charge is 2.23. The van der Waals surface area contributed by atoms with Gasteiger partial charge in [-0.15, -0.1) is 11.3 Å². The van der Waals surface area contributed by atoms with Gasteiger partial charge in [-0.1, -0.05) is 5.16 Å². The van der Waals surface area contributed by atoms with Gasteiger partial charge < -0.3 is 24.9 Å². The summed E-state index contributed by atoms with van der Waals surface area (Å²) in [5, 5.41) is 10.3. The van der Waals surface area contributed by atoms with E-state index in [0.29, 0.717) is 0 Å². The molecule has 2 amide bonds. The third kappa shape index (κ3) is 7.60. The molecule has 11 heteroatoms. The molecule has 0 aliphatic carbocycles. The molecule has 1 rings (SSSR count). The zero-order chi connectivity index (χ0) is 20.6. The number of hydrogen-bond acceptors (Lipinski definition) is 9. The maximum Gasteiger partial charge on any atom is 0.408 e. The number of ether oxygens (including phenoxy) is 2. The summed E-state index contributed by atoms with van der Waals surface area (Å²) in [6.45, 7) is 8.49. The minimum absolute atomic E-state index is 0.115. The van der Waals surface area contributed by atoms with Crippen molar-refractivity contribution < 1.29 is 28.7 Å². The van der Waals surface area contributed by atoms with Crippen LogP contribution in [0.25, 0.3) is 0 Å². The van der Waals surface area contributed by atoms with Gasteiger partial charge in [0.05, 0.1) is 6.61 Å². The van der Waals surface area contributed by atoms with Gasteiger partial charge >= 0.3 is 12.1 Å². The van der Waals surface area contributed by atoms with E-state index in [1.165, 1.54) is 19.4 Å². The number of amides is 2. The van der Waals surface area contributed by atoms with Crippen molar-refractivity contribution in [2.24, 2.45) is 5.16 Å². The van der Waals surface area contributed by atoms with Crippen molar-refractivity contribution in [2.75, 3.05) is 19.0 Å². The van der Waals surface area contributed by atoms with E-state index in [2.05, 4.69) is 25.6 Å². The fraction of sp³-hybridized carbons (Fsp3) is 0.562. The summed E-state index contributed by atoms with van der Waals surface area (Å²) in [5.41, 5.74) is -0.589. The standard InChI is InChI=1S/C16H24N4O6S/c1-7-25-13(22)11(20-24-6)10-8-27-14(18-10)19-12(21)9(2)17-15(23)26-16(3,4)5/h8-9H,7H2,1-6H3,(H,17,23)(H,18,19,21). The van der Waals surface area contributed by atoms with Gasteiger partial charge in [-0.3, -0.25) is 4.79 Å². The monoisotopic (exact) mass is 400 g/mol. The van der Waals surface area contributed by atoms with Crippen LogP contribution >= 0.6 is 11.3 Å². The summed E-state index contributed by atoms with van der Waals surface area (Å²) in [7, 11) is 1.29. The Morgan fingerprint density at radius 2 is 2.00 bits per heavy atom. The van der Waals surface area contributed by atoms with Crippen LogP contribution in [-0.2, 0) is 23.9 Å². The first-order valence-electron chi connectivity index (χ1n) is 8.12. The van der Waals surface area contributed by atoms with Gasteiger partial charge in [0.2, 0.25) is 11.6 Å². The maximum atomic E-state index is 12.2. The van der Waals surface area contributed by atoms with Gasteiger partial charge in [-0.25, -0.2) is 14.6 Å². The number of carbonyl (C=O) groups excluding carboxylic acids is 3. The molecule has 0 aliphatic heterocycles. The topological polar surface area (TPSA) is 128 Å². The molecule has 1 atom stereocenters. The number of oxime groups is 1. The second-order valence-electron chi connectivity index (χ2n) is 6.24. The second-order valence-corrected chi connectivity index (χ2v) is 7.10. The molecular formula is C16H24N4O6S. The van der Waals surface area contributed by atoms with Crippen LogP contribution < -0.4 is 10.6 Å². The molecule has 27 heavy (non-hydrogen) atoms. The fourth-order valence-corrected chi connectivity index (χ4v) is 2.38. The number of esters is 1. The molecule has 1 heterocycles. The van der Waals surface area contributed by atoms with Gasteiger partial charge in [0.1, 0.15) is 24.4 Å². The normalized spacial score (nSPS) is 12.7. The highest BCUT2D eigenvalue weighted by atomic mass is 32.1. The van der Waals surface area contributed by atoms with Crippen molar-refractivity contribution in [1.82, 2.24) is 10.3 Å². The second kappa shape index (κ2) is 9.86. The smallest absolute Gasteiger partial charge is 0.408 e. The fourth-order valence-electron chi connectivity index (χ4n) is 1.68. The lowest BCUT2D eigenvalue weighted by molar-refractivity contribution is -0.135. The van der Waals surface area contributed by atoms with Crippen LogP contribution in [-0.4, -0.2) is 54.0 Å². The van der Waals surface area contributed by atoms with Crippen molar-refractivity contribution in [1.29, 1.82) is 0 Å². The van der Waals surface area contributed by atoms with Crippen molar-refractivity contribution >= 4 is 40.1 Å². The van der Waals surface area contributed by atoms with Crippen molar-refractivity contribution in [2.45, 2.75) is 46.3 Å². The van der Waals surface area contributed by atoms with Crippen LogP contribution in [0.4, 0.5) is 9.93 Å². The molecule has 0 saturated heterocycles. The predicted octanol–water partition coefficient (Wildman–Crippen LogP) is 1.91. The van der Waals surface area contributed by atoms with E-state index in [4.69, 9.17) is 9.47 Å². The number of nitrogens with one attached hydrogen (secondary N) is 2. The van der Waals surface area contributed by atoms with E-state index in [1.54, 1.807) is 27.7 Å². The zero-order valence-electron chi connectivity index (χ0n) is 16.1. The highest BCUT2D eigenvalue weighted by molar-refractivity contribution is 7.14. The van der Waals surface area contributed by atoms with Crippen LogP contribution in [0.3, 0.4) is 0 Å². The quantitative estimate of drug-likeness (QED) is 0.406. The van der Waals surface area contributed by atoms with E-state index < -0.39 is 29.6 Å². The number of anilines is 1. The van der Waals surface area contributed by atoms with Crippen LogP contribution in [0, 0.1) is 0 Å². The summed E-state index contributed by atoms with van der Waals surface area (Å²) in [5.74, 6) is -1.19. The Bertz CT molecular complexity index is 710. The first-order valence-corrected chi connectivity index (χ1v) is 9.00. The molecule has 10 nitrogen and oxygen atoms in total. The SMILES string of the molecule is CCOC(=O)C(=NOC)c1csc(NC(=O)C(C)NC(=O)OC(C)(C)C)n1. The molecule has 0 radical (unpaired) electrons. The zero-order valence-corrected chi connectivity index (χ0v) is 16.9. The van der Waals surface area contributed by atoms with Gasteiger partial charge in [-0.05, 0) is 34.6 Å². The molecule has 1 aromatic rings. The summed E-state index contributed by atoms with van der Waals surface area (Å²) >= 11 is 1.08. The average Bonchev–Trinajstić information content (AvgIpc) is 2.98. The molecule has 2 N–H and O–H groups in total. The Balaban J connectivity index is 2.75. The third-order valence-electron chi connectivity index (χ3n) is 2.75. The maximum absolute atomic E-state index is 12.2. The first-order chi connectivity index (χ1) is 12.6. The Kier molecular flexibility index (Phi) is 8.16. The van der Waals surface area contributed by atoms with Crippen molar-refractivity contribution in [3.8, 4) is 0 Å². The number of hydrogen-bond donors (Lipinski definition) is 2. The summed E-state index contributed by atoms with van der Waals surface area (Å²) in [6, 6.07) is -0.857. The number of carbonyl (C=O) groups is 3. The molecule has 0 aromatic carbocycles. The van der Waals surface area contributed by atoms with Gasteiger partial charge in [-0.2, -0.15) is 0 Å². The molecule has 150 valence electrons. The van der Waals surface area contributed by atoms with E-state index in [9.17, 15) is 14.4 Å². The lowest BCUT2D eigenvalue weighted by Crippen LogP contribution is -2.43. The van der Waals surface area contributed by atoms with E-state index in [-0.39, 0.29) is 23.1 Å². The largest absolute Gasteiger partial charge is 0.461 e. The van der Waals surface area contributed by atoms with E-state index in [1.807, 2.05) is 0 Å². The average molecular weight is 400 g/mol. The predicted molar refractivity (Wildman–Crippen MR) is 99.8 cm³/mol. The van der Waals surface area contributed by atoms with Gasteiger partial charge in [0.15, 0.2) is 5.13 Å². The molecular weight excluding hydrogens is 376 g/mol. The van der Waals surface area contributed by atoms with E-state index >= 15 is 0 Å². The minimum Gasteiger partial charge on any atom is -0.461 e. The molecule has 0 bridgehead atoms. The molecule has 1 aromatic heterocycles. The Labute approximate surface area is 161 Å². The Morgan fingerprint density at radius 3 is 2.56 bits per heavy atom. The van der Waals surface area contributed by atoms with E-state index in [0.717, 1.165) is 11.3 Å². The number of alkyl carbamates (subject to hydrolysis) is 1. The van der Waals surface area contributed by atoms with Gasteiger partial charge in [0, 0.05) is 5.38 Å². The summed E-state index contributed by atoms with van der Waals surface area (Å²) < 4.78 is 9.99.